The Hall–Kier alpha value is -0.343. The molecule has 1 rings (SSSR count). The second-order valence-electron chi connectivity index (χ2n) is 4.17. The van der Waals surface area contributed by atoms with Crippen LogP contribution in [0.2, 0.25) is 19.6 Å². The number of allylic oxidation sites excluding steroid dienone is 2. The van der Waals surface area contributed by atoms with E-state index >= 15 is 0 Å². The Morgan fingerprint density at radius 3 is 2.45 bits per heavy atom. The third kappa shape index (κ3) is 2.31. The summed E-state index contributed by atoms with van der Waals surface area (Å²) in [6, 6.07) is 0.259. The molecule has 2 heteroatoms. The van der Waals surface area contributed by atoms with Crippen LogP contribution < -0.4 is 5.73 Å². The molecule has 0 saturated heterocycles. The first-order valence-corrected chi connectivity index (χ1v) is 7.64. The van der Waals surface area contributed by atoms with E-state index in [0.717, 1.165) is 6.42 Å². The molecule has 0 aromatic rings. The van der Waals surface area contributed by atoms with E-state index in [0.29, 0.717) is 0 Å². The predicted molar refractivity (Wildman–Crippen MR) is 53.2 cm³/mol. The van der Waals surface area contributed by atoms with E-state index in [1.165, 1.54) is 0 Å². The molecule has 1 unspecified atom stereocenters. The van der Waals surface area contributed by atoms with E-state index in [9.17, 15) is 0 Å². The van der Waals surface area contributed by atoms with Crippen LogP contribution in [0, 0.1) is 0 Å². The molecule has 0 aromatic carbocycles. The topological polar surface area (TPSA) is 26.0 Å². The minimum Gasteiger partial charge on any atom is -0.324 e. The third-order valence-electron chi connectivity index (χ3n) is 2.00. The van der Waals surface area contributed by atoms with E-state index in [2.05, 4.69) is 37.9 Å². The van der Waals surface area contributed by atoms with Crippen LogP contribution in [0.3, 0.4) is 0 Å². The van der Waals surface area contributed by atoms with Crippen LogP contribution in [0.25, 0.3) is 0 Å². The van der Waals surface area contributed by atoms with Gasteiger partial charge in [0.05, 0.1) is 8.07 Å². The normalized spacial score (nSPS) is 25.1. The van der Waals surface area contributed by atoms with Crippen LogP contribution >= 0.6 is 0 Å². The average Bonchev–Trinajstić information content (AvgIpc) is 1.86. The second-order valence-corrected chi connectivity index (χ2v) is 9.25. The summed E-state index contributed by atoms with van der Waals surface area (Å²) in [7, 11) is -1.07. The lowest BCUT2D eigenvalue weighted by Gasteiger charge is -2.21. The van der Waals surface area contributed by atoms with Gasteiger partial charge in [0, 0.05) is 6.04 Å². The van der Waals surface area contributed by atoms with E-state index in [4.69, 9.17) is 5.73 Å². The summed E-state index contributed by atoms with van der Waals surface area (Å²) in [5.74, 6) is 0. The highest BCUT2D eigenvalue weighted by Gasteiger charge is 2.18. The van der Waals surface area contributed by atoms with Gasteiger partial charge in [-0.1, -0.05) is 43.1 Å². The maximum atomic E-state index is 5.72. The minimum atomic E-state index is -1.07. The van der Waals surface area contributed by atoms with Crippen molar-refractivity contribution in [3.8, 4) is 0 Å². The molecule has 1 aliphatic carbocycles. The number of rotatable bonds is 1. The summed E-state index contributed by atoms with van der Waals surface area (Å²) in [5, 5.41) is 1.54. The molecule has 62 valence electrons. The second kappa shape index (κ2) is 2.95. The van der Waals surface area contributed by atoms with Crippen molar-refractivity contribution in [2.24, 2.45) is 5.73 Å². The van der Waals surface area contributed by atoms with Gasteiger partial charge in [0.25, 0.3) is 0 Å². The van der Waals surface area contributed by atoms with Crippen LogP contribution in [0.15, 0.2) is 23.4 Å². The maximum Gasteiger partial charge on any atom is 0.0771 e. The van der Waals surface area contributed by atoms with Gasteiger partial charge in [0.1, 0.15) is 0 Å². The molecule has 1 atom stereocenters. The van der Waals surface area contributed by atoms with E-state index in [1.54, 1.807) is 5.20 Å². The van der Waals surface area contributed by atoms with Crippen LogP contribution in [-0.4, -0.2) is 14.1 Å². The zero-order valence-corrected chi connectivity index (χ0v) is 8.59. The summed E-state index contributed by atoms with van der Waals surface area (Å²) in [5.41, 5.74) is 5.72. The van der Waals surface area contributed by atoms with Crippen molar-refractivity contribution in [2.45, 2.75) is 32.1 Å². The van der Waals surface area contributed by atoms with Gasteiger partial charge in [0.15, 0.2) is 0 Å². The monoisotopic (exact) mass is 167 g/mol. The van der Waals surface area contributed by atoms with Gasteiger partial charge < -0.3 is 5.73 Å². The highest BCUT2D eigenvalue weighted by molar-refractivity contribution is 6.83. The van der Waals surface area contributed by atoms with E-state index in [1.807, 2.05) is 0 Å². The molecule has 1 nitrogen and oxygen atoms in total. The van der Waals surface area contributed by atoms with Crippen LogP contribution in [-0.2, 0) is 0 Å². The third-order valence-corrected chi connectivity index (χ3v) is 4.10. The Morgan fingerprint density at radius 2 is 2.09 bits per heavy atom. The number of hydrogen-bond donors (Lipinski definition) is 1. The number of hydrogen-bond acceptors (Lipinski definition) is 1. The summed E-state index contributed by atoms with van der Waals surface area (Å²) >= 11 is 0. The molecule has 0 amide bonds. The first-order valence-electron chi connectivity index (χ1n) is 4.14. The van der Waals surface area contributed by atoms with Gasteiger partial charge in [-0.3, -0.25) is 0 Å². The largest absolute Gasteiger partial charge is 0.324 e. The van der Waals surface area contributed by atoms with Crippen molar-refractivity contribution in [1.29, 1.82) is 0 Å². The van der Waals surface area contributed by atoms with Crippen LogP contribution in [0.4, 0.5) is 0 Å². The van der Waals surface area contributed by atoms with Gasteiger partial charge in [-0.05, 0) is 6.42 Å². The van der Waals surface area contributed by atoms with E-state index < -0.39 is 8.07 Å². The highest BCUT2D eigenvalue weighted by Crippen LogP contribution is 2.20. The average molecular weight is 167 g/mol. The molecule has 0 aliphatic heterocycles. The fourth-order valence-corrected chi connectivity index (χ4v) is 2.52. The molecule has 2 N–H and O–H groups in total. The predicted octanol–water partition coefficient (Wildman–Crippen LogP) is 2.08. The van der Waals surface area contributed by atoms with Crippen molar-refractivity contribution in [1.82, 2.24) is 0 Å². The first-order chi connectivity index (χ1) is 5.00. The number of nitrogens with two attached hydrogens (primary N) is 1. The lowest BCUT2D eigenvalue weighted by molar-refractivity contribution is 0.822. The van der Waals surface area contributed by atoms with Gasteiger partial charge in [-0.25, -0.2) is 0 Å². The van der Waals surface area contributed by atoms with Gasteiger partial charge in [0.2, 0.25) is 0 Å². The van der Waals surface area contributed by atoms with Crippen molar-refractivity contribution in [3.63, 3.8) is 0 Å². The summed E-state index contributed by atoms with van der Waals surface area (Å²) in [4.78, 5) is 0. The Morgan fingerprint density at radius 1 is 1.45 bits per heavy atom. The van der Waals surface area contributed by atoms with Gasteiger partial charge >= 0.3 is 0 Å². The first kappa shape index (κ1) is 8.75. The molecular weight excluding hydrogens is 150 g/mol. The molecule has 0 fully saturated rings. The Kier molecular flexibility index (Phi) is 2.35. The van der Waals surface area contributed by atoms with Crippen molar-refractivity contribution in [2.75, 3.05) is 0 Å². The Balaban J connectivity index is 2.71. The van der Waals surface area contributed by atoms with Crippen molar-refractivity contribution in [3.05, 3.63) is 23.4 Å². The molecule has 0 saturated carbocycles. The molecule has 0 spiro atoms. The molecule has 11 heavy (non-hydrogen) atoms. The molecule has 0 bridgehead atoms. The molecular formula is C9H17NSi. The van der Waals surface area contributed by atoms with E-state index in [-0.39, 0.29) is 6.04 Å². The van der Waals surface area contributed by atoms with Gasteiger partial charge in [-0.2, -0.15) is 0 Å². The standard InChI is InChI=1S/C9H17NSi/c1-11(2,3)9-6-4-8(10)5-7-9/h4,6-8H,5,10H2,1-3H3. The van der Waals surface area contributed by atoms with Crippen molar-refractivity contribution >= 4 is 8.07 Å². The molecule has 1 aliphatic rings. The maximum absolute atomic E-state index is 5.72. The lowest BCUT2D eigenvalue weighted by atomic mass is 10.1. The Bertz CT molecular complexity index is 198. The van der Waals surface area contributed by atoms with Crippen molar-refractivity contribution < 1.29 is 0 Å². The Labute approximate surface area is 70.0 Å². The fourth-order valence-electron chi connectivity index (χ4n) is 1.19. The quantitative estimate of drug-likeness (QED) is 0.595. The highest BCUT2D eigenvalue weighted by atomic mass is 28.3. The zero-order chi connectivity index (χ0) is 8.48. The molecule has 0 aromatic heterocycles. The smallest absolute Gasteiger partial charge is 0.0771 e. The lowest BCUT2D eigenvalue weighted by Crippen LogP contribution is -2.27. The zero-order valence-electron chi connectivity index (χ0n) is 7.59. The molecule has 0 heterocycles. The SMILES string of the molecule is C[Si](C)(C)C1=CCC(N)C=C1. The van der Waals surface area contributed by atoms with Gasteiger partial charge in [-0.15, -0.1) is 0 Å². The molecule has 0 radical (unpaired) electrons. The summed E-state index contributed by atoms with van der Waals surface area (Å²) in [6.45, 7) is 7.08. The fraction of sp³-hybridized carbons (Fsp3) is 0.556. The minimum absolute atomic E-state index is 0.259. The van der Waals surface area contributed by atoms with Crippen LogP contribution in [0.1, 0.15) is 6.42 Å². The summed E-state index contributed by atoms with van der Waals surface area (Å²) < 4.78 is 0. The summed E-state index contributed by atoms with van der Waals surface area (Å²) in [6.07, 6.45) is 7.65. The van der Waals surface area contributed by atoms with Crippen LogP contribution in [0.5, 0.6) is 0 Å².